The number of amides is 2. The van der Waals surface area contributed by atoms with Gasteiger partial charge in [0.2, 0.25) is 5.91 Å². The van der Waals surface area contributed by atoms with Crippen LogP contribution in [0, 0.1) is 5.41 Å². The summed E-state index contributed by atoms with van der Waals surface area (Å²) >= 11 is 0. The van der Waals surface area contributed by atoms with Crippen LogP contribution in [-0.4, -0.2) is 58.3 Å². The van der Waals surface area contributed by atoms with Crippen molar-refractivity contribution in [3.05, 3.63) is 32.6 Å². The maximum absolute atomic E-state index is 12.4. The SMILES string of the molecule is CN1CCC[C@@]2(CCN(C(=O)c3cc(=O)[nH]c(=O)[nH]3)C2)C1=O. The lowest BCUT2D eigenvalue weighted by atomic mass is 9.78. The molecular weight excluding hydrogens is 288 g/mol. The van der Waals surface area contributed by atoms with Gasteiger partial charge in [-0.05, 0) is 19.3 Å². The van der Waals surface area contributed by atoms with Crippen LogP contribution in [0.2, 0.25) is 0 Å². The number of aromatic amines is 2. The molecule has 0 aromatic carbocycles. The summed E-state index contributed by atoms with van der Waals surface area (Å²) in [5.74, 6) is -0.338. The lowest BCUT2D eigenvalue weighted by Crippen LogP contribution is -2.48. The molecule has 3 heterocycles. The maximum atomic E-state index is 12.4. The fourth-order valence-corrected chi connectivity index (χ4v) is 3.45. The molecule has 0 bridgehead atoms. The number of aromatic nitrogens is 2. The summed E-state index contributed by atoms with van der Waals surface area (Å²) in [5, 5.41) is 0. The van der Waals surface area contributed by atoms with Gasteiger partial charge in [-0.15, -0.1) is 0 Å². The van der Waals surface area contributed by atoms with Gasteiger partial charge in [-0.25, -0.2) is 4.79 Å². The van der Waals surface area contributed by atoms with Crippen molar-refractivity contribution in [2.24, 2.45) is 5.41 Å². The van der Waals surface area contributed by atoms with Crippen LogP contribution in [0.4, 0.5) is 0 Å². The van der Waals surface area contributed by atoms with Crippen molar-refractivity contribution in [2.45, 2.75) is 19.3 Å². The molecule has 8 heteroatoms. The average Bonchev–Trinajstić information content (AvgIpc) is 2.88. The number of carbonyl (C=O) groups is 2. The van der Waals surface area contributed by atoms with E-state index in [1.165, 1.54) is 0 Å². The first-order valence-electron chi connectivity index (χ1n) is 7.30. The van der Waals surface area contributed by atoms with Crippen LogP contribution < -0.4 is 11.2 Å². The molecule has 2 fully saturated rings. The van der Waals surface area contributed by atoms with E-state index in [9.17, 15) is 19.2 Å². The predicted octanol–water partition coefficient (Wildman–Crippen LogP) is -0.852. The number of rotatable bonds is 1. The Bertz CT molecular complexity index is 709. The zero-order valence-electron chi connectivity index (χ0n) is 12.3. The van der Waals surface area contributed by atoms with Gasteiger partial charge in [0.05, 0.1) is 5.41 Å². The fourth-order valence-electron chi connectivity index (χ4n) is 3.45. The highest BCUT2D eigenvalue weighted by Gasteiger charge is 2.48. The number of nitrogens with one attached hydrogen (secondary N) is 2. The topological polar surface area (TPSA) is 106 Å². The van der Waals surface area contributed by atoms with E-state index in [-0.39, 0.29) is 11.6 Å². The zero-order valence-corrected chi connectivity index (χ0v) is 12.3. The third-order valence-electron chi connectivity index (χ3n) is 4.58. The second-order valence-electron chi connectivity index (χ2n) is 6.09. The lowest BCUT2D eigenvalue weighted by molar-refractivity contribution is -0.143. The standard InChI is InChI=1S/C14H18N4O4/c1-17-5-2-3-14(12(17)21)4-6-18(8-14)11(20)9-7-10(19)16-13(22)15-9/h7H,2-6,8H2,1H3,(H2,15,16,19,22)/t14-/m0/s1. The van der Waals surface area contributed by atoms with Gasteiger partial charge in [-0.3, -0.25) is 19.4 Å². The van der Waals surface area contributed by atoms with Crippen molar-refractivity contribution >= 4 is 11.8 Å². The Hall–Kier alpha value is -2.38. The molecule has 2 N–H and O–H groups in total. The Labute approximate surface area is 126 Å². The third kappa shape index (κ3) is 2.34. The van der Waals surface area contributed by atoms with Crippen LogP contribution in [-0.2, 0) is 4.79 Å². The van der Waals surface area contributed by atoms with Gasteiger partial charge >= 0.3 is 5.69 Å². The van der Waals surface area contributed by atoms with Crippen molar-refractivity contribution in [3.63, 3.8) is 0 Å². The molecule has 0 unspecified atom stereocenters. The smallest absolute Gasteiger partial charge is 0.326 e. The Morgan fingerprint density at radius 2 is 1.95 bits per heavy atom. The molecule has 2 saturated heterocycles. The molecule has 1 aromatic heterocycles. The second kappa shape index (κ2) is 5.11. The highest BCUT2D eigenvalue weighted by atomic mass is 16.2. The van der Waals surface area contributed by atoms with E-state index in [0.29, 0.717) is 19.5 Å². The molecule has 1 aromatic rings. The third-order valence-corrected chi connectivity index (χ3v) is 4.58. The zero-order chi connectivity index (χ0) is 15.9. The van der Waals surface area contributed by atoms with Crippen LogP contribution in [0.15, 0.2) is 15.7 Å². The summed E-state index contributed by atoms with van der Waals surface area (Å²) in [6, 6.07) is 1.07. The Balaban J connectivity index is 1.83. The molecule has 2 aliphatic rings. The van der Waals surface area contributed by atoms with Crippen molar-refractivity contribution in [2.75, 3.05) is 26.7 Å². The minimum Gasteiger partial charge on any atom is -0.345 e. The molecule has 8 nitrogen and oxygen atoms in total. The van der Waals surface area contributed by atoms with E-state index >= 15 is 0 Å². The van der Waals surface area contributed by atoms with Crippen molar-refractivity contribution < 1.29 is 9.59 Å². The molecule has 2 aliphatic heterocycles. The van der Waals surface area contributed by atoms with Gasteiger partial charge in [0.25, 0.3) is 11.5 Å². The molecule has 2 amide bonds. The monoisotopic (exact) mass is 306 g/mol. The summed E-state index contributed by atoms with van der Waals surface area (Å²) < 4.78 is 0. The molecule has 1 spiro atoms. The summed E-state index contributed by atoms with van der Waals surface area (Å²) in [4.78, 5) is 55.1. The average molecular weight is 306 g/mol. The first-order valence-corrected chi connectivity index (χ1v) is 7.30. The van der Waals surface area contributed by atoms with Crippen LogP contribution in [0.5, 0.6) is 0 Å². The highest BCUT2D eigenvalue weighted by Crippen LogP contribution is 2.39. The number of hydrogen-bond acceptors (Lipinski definition) is 4. The lowest BCUT2D eigenvalue weighted by Gasteiger charge is -2.37. The van der Waals surface area contributed by atoms with Gasteiger partial charge in [-0.2, -0.15) is 0 Å². The van der Waals surface area contributed by atoms with Crippen molar-refractivity contribution in [3.8, 4) is 0 Å². The Kier molecular flexibility index (Phi) is 3.38. The molecule has 0 saturated carbocycles. The number of likely N-dealkylation sites (tertiary alicyclic amines) is 2. The van der Waals surface area contributed by atoms with Crippen LogP contribution in [0.3, 0.4) is 0 Å². The molecule has 0 aliphatic carbocycles. The van der Waals surface area contributed by atoms with E-state index in [1.807, 2.05) is 4.98 Å². The van der Waals surface area contributed by atoms with Gasteiger partial charge < -0.3 is 14.8 Å². The van der Waals surface area contributed by atoms with Gasteiger partial charge in [0.1, 0.15) is 5.69 Å². The summed E-state index contributed by atoms with van der Waals surface area (Å²) in [7, 11) is 1.78. The number of piperidine rings is 1. The Morgan fingerprint density at radius 1 is 1.18 bits per heavy atom. The molecule has 1 atom stereocenters. The first kappa shape index (κ1) is 14.6. The quantitative estimate of drug-likeness (QED) is 0.704. The maximum Gasteiger partial charge on any atom is 0.326 e. The van der Waals surface area contributed by atoms with E-state index in [1.54, 1.807) is 16.8 Å². The van der Waals surface area contributed by atoms with Crippen LogP contribution in [0.25, 0.3) is 0 Å². The van der Waals surface area contributed by atoms with Crippen LogP contribution >= 0.6 is 0 Å². The highest BCUT2D eigenvalue weighted by molar-refractivity contribution is 5.93. The summed E-state index contributed by atoms with van der Waals surface area (Å²) in [6.45, 7) is 1.53. The number of hydrogen-bond donors (Lipinski definition) is 2. The van der Waals surface area contributed by atoms with E-state index in [2.05, 4.69) is 4.98 Å². The number of H-pyrrole nitrogens is 2. The summed E-state index contributed by atoms with van der Waals surface area (Å²) in [5.41, 5.74) is -1.88. The van der Waals surface area contributed by atoms with E-state index < -0.39 is 22.6 Å². The summed E-state index contributed by atoms with van der Waals surface area (Å²) in [6.07, 6.45) is 2.31. The largest absolute Gasteiger partial charge is 0.345 e. The van der Waals surface area contributed by atoms with Crippen molar-refractivity contribution in [1.82, 2.24) is 19.8 Å². The molecule has 22 heavy (non-hydrogen) atoms. The van der Waals surface area contributed by atoms with Gasteiger partial charge in [0.15, 0.2) is 0 Å². The first-order chi connectivity index (χ1) is 10.4. The normalized spacial score (nSPS) is 25.0. The minimum absolute atomic E-state index is 0.0394. The van der Waals surface area contributed by atoms with E-state index in [4.69, 9.17) is 0 Å². The number of nitrogens with zero attached hydrogens (tertiary/aromatic N) is 2. The molecule has 118 valence electrons. The minimum atomic E-state index is -0.710. The molecular formula is C14H18N4O4. The number of carbonyl (C=O) groups excluding carboxylic acids is 2. The molecule has 3 rings (SSSR count). The van der Waals surface area contributed by atoms with Gasteiger partial charge in [0, 0.05) is 32.7 Å². The van der Waals surface area contributed by atoms with Crippen molar-refractivity contribution in [1.29, 1.82) is 0 Å². The fraction of sp³-hybridized carbons (Fsp3) is 0.571. The predicted molar refractivity (Wildman–Crippen MR) is 77.5 cm³/mol. The van der Waals surface area contributed by atoms with Crippen LogP contribution in [0.1, 0.15) is 29.8 Å². The Morgan fingerprint density at radius 3 is 2.68 bits per heavy atom. The second-order valence-corrected chi connectivity index (χ2v) is 6.09. The van der Waals surface area contributed by atoms with Gasteiger partial charge in [-0.1, -0.05) is 0 Å². The molecule has 0 radical (unpaired) electrons. The van der Waals surface area contributed by atoms with E-state index in [0.717, 1.165) is 25.5 Å².